The average molecular weight is 463 g/mol. The molecule has 0 saturated heterocycles. The maximum atomic E-state index is 12.9. The molecule has 0 bridgehead atoms. The molecule has 1 amide bonds. The molecule has 1 heterocycles. The van der Waals surface area contributed by atoms with Crippen LogP contribution in [0.4, 0.5) is 5.69 Å². The summed E-state index contributed by atoms with van der Waals surface area (Å²) in [5.41, 5.74) is 3.58. The first-order valence-corrected chi connectivity index (χ1v) is 11.5. The van der Waals surface area contributed by atoms with Gasteiger partial charge in [0.1, 0.15) is 5.75 Å². The molecular weight excluding hydrogens is 436 g/mol. The number of nitrogens with one attached hydrogen (secondary N) is 1. The number of nitrogens with zero attached hydrogens (tertiary/aromatic N) is 1. The van der Waals surface area contributed by atoms with Crippen LogP contribution in [0.5, 0.6) is 17.2 Å². The molecule has 6 nitrogen and oxygen atoms in total. The molecule has 1 atom stereocenters. The van der Waals surface area contributed by atoms with E-state index >= 15 is 0 Å². The number of carbonyl (C=O) groups is 1. The van der Waals surface area contributed by atoms with E-state index in [-0.39, 0.29) is 11.2 Å². The summed E-state index contributed by atoms with van der Waals surface area (Å²) in [5.74, 6) is 1.98. The Balaban J connectivity index is 1.57. The second-order valence-corrected chi connectivity index (χ2v) is 8.68. The fourth-order valence-corrected chi connectivity index (χ4v) is 4.96. The van der Waals surface area contributed by atoms with Crippen LogP contribution in [0.3, 0.4) is 0 Å². The van der Waals surface area contributed by atoms with Gasteiger partial charge in [-0.2, -0.15) is 0 Å². The van der Waals surface area contributed by atoms with Crippen LogP contribution >= 0.6 is 11.8 Å². The summed E-state index contributed by atoms with van der Waals surface area (Å²) in [5, 5.41) is 2.88. The summed E-state index contributed by atoms with van der Waals surface area (Å²) in [4.78, 5) is 18.9. The molecule has 0 aromatic heterocycles. The van der Waals surface area contributed by atoms with Gasteiger partial charge in [-0.15, -0.1) is 11.8 Å². The zero-order valence-electron chi connectivity index (χ0n) is 18.8. The number of methoxy groups -OCH3 is 3. The number of amides is 1. The third-order valence-electron chi connectivity index (χ3n) is 5.40. The van der Waals surface area contributed by atoms with Gasteiger partial charge in [-0.1, -0.05) is 30.3 Å². The SMILES string of the molecule is COc1ccccc1CNC(=O)C[C@@H]1Sc2ccccc2N=C1c1ccc(OC)c(OC)c1. The van der Waals surface area contributed by atoms with Crippen LogP contribution in [0, 0.1) is 0 Å². The molecule has 0 spiro atoms. The van der Waals surface area contributed by atoms with Crippen LogP contribution in [0.15, 0.2) is 76.6 Å². The average Bonchev–Trinajstić information content (AvgIpc) is 2.86. The van der Waals surface area contributed by atoms with E-state index in [1.807, 2.05) is 66.7 Å². The van der Waals surface area contributed by atoms with E-state index in [1.54, 1.807) is 33.1 Å². The first-order chi connectivity index (χ1) is 16.1. The summed E-state index contributed by atoms with van der Waals surface area (Å²) < 4.78 is 16.2. The van der Waals surface area contributed by atoms with Gasteiger partial charge in [-0.3, -0.25) is 9.79 Å². The van der Waals surface area contributed by atoms with Crippen molar-refractivity contribution >= 4 is 29.1 Å². The molecule has 33 heavy (non-hydrogen) atoms. The zero-order valence-corrected chi connectivity index (χ0v) is 19.6. The van der Waals surface area contributed by atoms with Gasteiger partial charge in [0.2, 0.25) is 5.91 Å². The Kier molecular flexibility index (Phi) is 7.19. The maximum Gasteiger partial charge on any atom is 0.221 e. The minimum atomic E-state index is -0.143. The van der Waals surface area contributed by atoms with E-state index in [9.17, 15) is 4.79 Å². The van der Waals surface area contributed by atoms with Crippen LogP contribution in [0.2, 0.25) is 0 Å². The molecule has 1 aliphatic rings. The lowest BCUT2D eigenvalue weighted by atomic mass is 10.0. The first kappa shape index (κ1) is 22.7. The quantitative estimate of drug-likeness (QED) is 0.509. The molecule has 7 heteroatoms. The molecule has 0 fully saturated rings. The number of fused-ring (bicyclic) bond motifs is 1. The highest BCUT2D eigenvalue weighted by Gasteiger charge is 2.28. The van der Waals surface area contributed by atoms with Gasteiger partial charge in [0, 0.05) is 29.0 Å². The van der Waals surface area contributed by atoms with Crippen LogP contribution in [0.1, 0.15) is 17.5 Å². The van der Waals surface area contributed by atoms with Gasteiger partial charge >= 0.3 is 0 Å². The largest absolute Gasteiger partial charge is 0.496 e. The van der Waals surface area contributed by atoms with Crippen molar-refractivity contribution in [2.75, 3.05) is 21.3 Å². The van der Waals surface area contributed by atoms with Gasteiger partial charge in [-0.05, 0) is 36.4 Å². The lowest BCUT2D eigenvalue weighted by Crippen LogP contribution is -2.31. The van der Waals surface area contributed by atoms with E-state index in [4.69, 9.17) is 19.2 Å². The minimum Gasteiger partial charge on any atom is -0.496 e. The minimum absolute atomic E-state index is 0.0500. The standard InChI is InChI=1S/C26H26N2O4S/c1-30-20-10-6-4-8-18(20)16-27-25(29)15-24-26(28-19-9-5-7-11-23(19)33-24)17-12-13-21(31-2)22(14-17)32-3/h4-14,24H,15-16H2,1-3H3,(H,27,29)/t24-/m0/s1. The highest BCUT2D eigenvalue weighted by molar-refractivity contribution is 8.01. The van der Waals surface area contributed by atoms with E-state index in [1.165, 1.54) is 0 Å². The summed E-state index contributed by atoms with van der Waals surface area (Å²) in [6.07, 6.45) is 0.293. The number of thioether (sulfide) groups is 1. The number of ether oxygens (including phenoxy) is 3. The van der Waals surface area contributed by atoms with E-state index in [0.717, 1.165) is 33.2 Å². The van der Waals surface area contributed by atoms with E-state index in [2.05, 4.69) is 5.32 Å². The smallest absolute Gasteiger partial charge is 0.221 e. The molecule has 0 saturated carbocycles. The predicted octanol–water partition coefficient (Wildman–Crippen LogP) is 5.01. The van der Waals surface area contributed by atoms with Crippen molar-refractivity contribution < 1.29 is 19.0 Å². The third kappa shape index (κ3) is 5.14. The number of benzene rings is 3. The number of aliphatic imine (C=N–C) groups is 1. The topological polar surface area (TPSA) is 69.2 Å². The number of hydrogen-bond donors (Lipinski definition) is 1. The lowest BCUT2D eigenvalue weighted by Gasteiger charge is -2.25. The fourth-order valence-electron chi connectivity index (χ4n) is 3.73. The molecule has 3 aromatic carbocycles. The Morgan fingerprint density at radius 3 is 2.42 bits per heavy atom. The first-order valence-electron chi connectivity index (χ1n) is 10.6. The second kappa shape index (κ2) is 10.4. The number of rotatable bonds is 8. The van der Waals surface area contributed by atoms with Crippen molar-refractivity contribution in [2.45, 2.75) is 23.1 Å². The third-order valence-corrected chi connectivity index (χ3v) is 6.67. The molecular formula is C26H26N2O4S. The van der Waals surface area contributed by atoms with Gasteiger partial charge in [-0.25, -0.2) is 0 Å². The normalized spacial score (nSPS) is 14.6. The zero-order chi connectivity index (χ0) is 23.2. The molecule has 0 radical (unpaired) electrons. The lowest BCUT2D eigenvalue weighted by molar-refractivity contribution is -0.121. The summed E-state index contributed by atoms with van der Waals surface area (Å²) >= 11 is 1.65. The van der Waals surface area contributed by atoms with Crippen molar-refractivity contribution in [3.05, 3.63) is 77.9 Å². The molecule has 0 aliphatic carbocycles. The van der Waals surface area contributed by atoms with Crippen molar-refractivity contribution in [2.24, 2.45) is 4.99 Å². The highest BCUT2D eigenvalue weighted by Crippen LogP contribution is 2.41. The fraction of sp³-hybridized carbons (Fsp3) is 0.231. The van der Waals surface area contributed by atoms with Crippen LogP contribution in [-0.4, -0.2) is 38.2 Å². The van der Waals surface area contributed by atoms with E-state index in [0.29, 0.717) is 24.5 Å². The Bertz CT molecular complexity index is 1180. The predicted molar refractivity (Wildman–Crippen MR) is 131 cm³/mol. The Labute approximate surface area is 198 Å². The Morgan fingerprint density at radius 1 is 0.909 bits per heavy atom. The number of carbonyl (C=O) groups excluding carboxylic acids is 1. The van der Waals surface area contributed by atoms with Crippen LogP contribution in [0.25, 0.3) is 0 Å². The van der Waals surface area contributed by atoms with Gasteiger partial charge in [0.25, 0.3) is 0 Å². The molecule has 1 N–H and O–H groups in total. The van der Waals surface area contributed by atoms with Gasteiger partial charge in [0.05, 0.1) is 38.0 Å². The summed E-state index contributed by atoms with van der Waals surface area (Å²) in [7, 11) is 4.84. The van der Waals surface area contributed by atoms with Crippen molar-refractivity contribution in [3.8, 4) is 17.2 Å². The molecule has 3 aromatic rings. The number of hydrogen-bond acceptors (Lipinski definition) is 6. The second-order valence-electron chi connectivity index (χ2n) is 7.43. The van der Waals surface area contributed by atoms with Crippen LogP contribution in [-0.2, 0) is 11.3 Å². The van der Waals surface area contributed by atoms with Crippen molar-refractivity contribution in [1.29, 1.82) is 0 Å². The van der Waals surface area contributed by atoms with Crippen LogP contribution < -0.4 is 19.5 Å². The number of para-hydroxylation sites is 2. The molecule has 0 unspecified atom stereocenters. The highest BCUT2D eigenvalue weighted by atomic mass is 32.2. The molecule has 1 aliphatic heterocycles. The maximum absolute atomic E-state index is 12.9. The van der Waals surface area contributed by atoms with Gasteiger partial charge in [0.15, 0.2) is 11.5 Å². The van der Waals surface area contributed by atoms with Crippen molar-refractivity contribution in [3.63, 3.8) is 0 Å². The Hall–Kier alpha value is -3.45. The van der Waals surface area contributed by atoms with Crippen molar-refractivity contribution in [1.82, 2.24) is 5.32 Å². The Morgan fingerprint density at radius 2 is 1.64 bits per heavy atom. The van der Waals surface area contributed by atoms with E-state index < -0.39 is 0 Å². The summed E-state index contributed by atoms with van der Waals surface area (Å²) in [6.45, 7) is 0.402. The van der Waals surface area contributed by atoms with Gasteiger partial charge < -0.3 is 19.5 Å². The monoisotopic (exact) mass is 462 g/mol. The molecule has 4 rings (SSSR count). The molecule has 170 valence electrons. The summed E-state index contributed by atoms with van der Waals surface area (Å²) in [6, 6.07) is 21.4.